The van der Waals surface area contributed by atoms with Crippen LogP contribution < -0.4 is 4.74 Å². The van der Waals surface area contributed by atoms with E-state index in [1.807, 2.05) is 0 Å². The Hall–Kier alpha value is -1.97. The van der Waals surface area contributed by atoms with E-state index in [2.05, 4.69) is 15.9 Å². The number of rotatable bonds is 5. The molecule has 0 heterocycles. The molecule has 0 radical (unpaired) electrons. The number of hydrogen-bond acceptors (Lipinski definition) is 5. The zero-order chi connectivity index (χ0) is 18.8. The van der Waals surface area contributed by atoms with Crippen molar-refractivity contribution >= 4 is 32.0 Å². The summed E-state index contributed by atoms with van der Waals surface area (Å²) in [6.07, 6.45) is 0. The minimum atomic E-state index is -4.74. The highest BCUT2D eigenvalue weighted by molar-refractivity contribution is 9.10. The lowest BCUT2D eigenvalue weighted by atomic mass is 9.98. The van der Waals surface area contributed by atoms with Gasteiger partial charge < -0.3 is 9.47 Å². The highest BCUT2D eigenvalue weighted by atomic mass is 79.9. The fraction of sp³-hybridized carbons (Fsp3) is 0.188. The maximum Gasteiger partial charge on any atom is 0.342 e. The van der Waals surface area contributed by atoms with Crippen molar-refractivity contribution < 1.29 is 31.6 Å². The Labute approximate surface area is 152 Å². The van der Waals surface area contributed by atoms with Gasteiger partial charge in [0.25, 0.3) is 10.1 Å². The first-order valence-corrected chi connectivity index (χ1v) is 9.16. The third-order valence-electron chi connectivity index (χ3n) is 3.47. The number of carbonyl (C=O) groups excluding carboxylic acids is 1. The van der Waals surface area contributed by atoms with Crippen LogP contribution in [0.2, 0.25) is 0 Å². The molecule has 0 saturated heterocycles. The summed E-state index contributed by atoms with van der Waals surface area (Å²) < 4.78 is 57.6. The van der Waals surface area contributed by atoms with Gasteiger partial charge in [0.15, 0.2) is 0 Å². The highest BCUT2D eigenvalue weighted by Gasteiger charge is 2.34. The molecular weight excluding hydrogens is 419 g/mol. The number of ether oxygens (including phenoxy) is 2. The maximum atomic E-state index is 13.6. The average molecular weight is 433 g/mol. The second kappa shape index (κ2) is 7.51. The van der Waals surface area contributed by atoms with Crippen LogP contribution in [0.1, 0.15) is 26.7 Å². The monoisotopic (exact) mass is 432 g/mol. The fourth-order valence-corrected chi connectivity index (χ4v) is 3.98. The molecule has 1 unspecified atom stereocenters. The van der Waals surface area contributed by atoms with Gasteiger partial charge in [-0.05, 0) is 45.3 Å². The fourth-order valence-electron chi connectivity index (χ4n) is 2.48. The molecule has 0 aliphatic carbocycles. The van der Waals surface area contributed by atoms with Gasteiger partial charge >= 0.3 is 5.97 Å². The number of benzene rings is 2. The van der Waals surface area contributed by atoms with Crippen molar-refractivity contribution in [2.24, 2.45) is 0 Å². The van der Waals surface area contributed by atoms with E-state index in [1.165, 1.54) is 31.4 Å². The van der Waals surface area contributed by atoms with Gasteiger partial charge in [0.05, 0.1) is 18.7 Å². The second-order valence-electron chi connectivity index (χ2n) is 4.99. The maximum absolute atomic E-state index is 13.6. The van der Waals surface area contributed by atoms with Crippen molar-refractivity contribution in [2.75, 3.05) is 14.2 Å². The third kappa shape index (κ3) is 4.00. The first-order chi connectivity index (χ1) is 11.7. The highest BCUT2D eigenvalue weighted by Crippen LogP contribution is 2.39. The molecule has 2 aromatic carbocycles. The molecule has 9 heteroatoms. The molecule has 0 bridgehead atoms. The summed E-state index contributed by atoms with van der Waals surface area (Å²) in [5.41, 5.74) is -0.330. The van der Waals surface area contributed by atoms with Crippen molar-refractivity contribution in [3.8, 4) is 5.75 Å². The SMILES string of the molecule is COC(=O)c1c(C(c2cccc(F)c2)S(=O)(=O)O)ccc(Br)c1OC. The Bertz CT molecular complexity index is 913. The Morgan fingerprint density at radius 3 is 2.44 bits per heavy atom. The summed E-state index contributed by atoms with van der Waals surface area (Å²) in [7, 11) is -2.32. The van der Waals surface area contributed by atoms with Gasteiger partial charge in [-0.25, -0.2) is 9.18 Å². The Kier molecular flexibility index (Phi) is 5.81. The average Bonchev–Trinajstić information content (AvgIpc) is 2.54. The number of carbonyl (C=O) groups is 1. The third-order valence-corrected chi connectivity index (χ3v) is 5.21. The summed E-state index contributed by atoms with van der Waals surface area (Å²) in [4.78, 5) is 12.2. The van der Waals surface area contributed by atoms with Crippen LogP contribution in [0, 0.1) is 5.82 Å². The van der Waals surface area contributed by atoms with Gasteiger partial charge in [-0.15, -0.1) is 0 Å². The molecule has 0 aliphatic heterocycles. The molecule has 0 aromatic heterocycles. The van der Waals surface area contributed by atoms with Crippen LogP contribution in [-0.4, -0.2) is 33.2 Å². The minimum absolute atomic E-state index is 0.0365. The van der Waals surface area contributed by atoms with Gasteiger partial charge in [-0.2, -0.15) is 8.42 Å². The van der Waals surface area contributed by atoms with E-state index in [9.17, 15) is 22.2 Å². The van der Waals surface area contributed by atoms with Crippen molar-refractivity contribution in [1.29, 1.82) is 0 Å². The van der Waals surface area contributed by atoms with Crippen molar-refractivity contribution in [3.63, 3.8) is 0 Å². The van der Waals surface area contributed by atoms with Crippen LogP contribution in [0.3, 0.4) is 0 Å². The van der Waals surface area contributed by atoms with E-state index in [4.69, 9.17) is 9.47 Å². The molecule has 1 atom stereocenters. The topological polar surface area (TPSA) is 89.9 Å². The summed E-state index contributed by atoms with van der Waals surface area (Å²) >= 11 is 3.20. The van der Waals surface area contributed by atoms with E-state index in [1.54, 1.807) is 0 Å². The van der Waals surface area contributed by atoms with Gasteiger partial charge in [0.2, 0.25) is 0 Å². The number of esters is 1. The summed E-state index contributed by atoms with van der Waals surface area (Å²) in [5.74, 6) is -1.51. The normalized spacial score (nSPS) is 12.5. The first kappa shape index (κ1) is 19.4. The van der Waals surface area contributed by atoms with Crippen LogP contribution in [0.25, 0.3) is 0 Å². The molecule has 25 heavy (non-hydrogen) atoms. The van der Waals surface area contributed by atoms with E-state index in [0.29, 0.717) is 4.47 Å². The molecule has 134 valence electrons. The lowest BCUT2D eigenvalue weighted by Crippen LogP contribution is -2.19. The Morgan fingerprint density at radius 2 is 1.92 bits per heavy atom. The van der Waals surface area contributed by atoms with Crippen molar-refractivity contribution in [1.82, 2.24) is 0 Å². The number of halogens is 2. The molecule has 0 fully saturated rings. The van der Waals surface area contributed by atoms with Crippen LogP contribution in [-0.2, 0) is 14.9 Å². The van der Waals surface area contributed by atoms with Gasteiger partial charge in [-0.3, -0.25) is 4.55 Å². The summed E-state index contributed by atoms with van der Waals surface area (Å²) in [6.45, 7) is 0. The van der Waals surface area contributed by atoms with Crippen LogP contribution in [0.5, 0.6) is 5.75 Å². The molecule has 0 aliphatic rings. The predicted octanol–water partition coefficient (Wildman–Crippen LogP) is 3.36. The number of methoxy groups -OCH3 is 2. The summed E-state index contributed by atoms with van der Waals surface area (Å²) in [5, 5.41) is -1.70. The molecule has 0 saturated carbocycles. The van der Waals surface area contributed by atoms with Crippen LogP contribution in [0.15, 0.2) is 40.9 Å². The zero-order valence-electron chi connectivity index (χ0n) is 13.2. The van der Waals surface area contributed by atoms with E-state index < -0.39 is 27.2 Å². The standard InChI is InChI=1S/C16H14BrFO6S/c1-23-14-12(17)7-6-11(13(14)16(19)24-2)15(25(20,21)22)9-4-3-5-10(18)8-9/h3-8,15H,1-2H3,(H,20,21,22). The van der Waals surface area contributed by atoms with Crippen molar-refractivity contribution in [2.45, 2.75) is 5.25 Å². The largest absolute Gasteiger partial charge is 0.495 e. The van der Waals surface area contributed by atoms with Gasteiger partial charge in [-0.1, -0.05) is 18.2 Å². The minimum Gasteiger partial charge on any atom is -0.495 e. The van der Waals surface area contributed by atoms with E-state index >= 15 is 0 Å². The smallest absolute Gasteiger partial charge is 0.342 e. The Balaban J connectivity index is 2.85. The molecule has 0 amide bonds. The number of hydrogen-bond donors (Lipinski definition) is 1. The molecule has 1 N–H and O–H groups in total. The van der Waals surface area contributed by atoms with Crippen LogP contribution >= 0.6 is 15.9 Å². The Morgan fingerprint density at radius 1 is 1.24 bits per heavy atom. The van der Waals surface area contributed by atoms with Crippen molar-refractivity contribution in [3.05, 3.63) is 63.4 Å². The lowest BCUT2D eigenvalue weighted by molar-refractivity contribution is 0.0595. The quantitative estimate of drug-likeness (QED) is 0.575. The molecular formula is C16H14BrFO6S. The van der Waals surface area contributed by atoms with Gasteiger partial charge in [0, 0.05) is 0 Å². The van der Waals surface area contributed by atoms with E-state index in [-0.39, 0.29) is 22.4 Å². The van der Waals surface area contributed by atoms with E-state index in [0.717, 1.165) is 19.2 Å². The van der Waals surface area contributed by atoms with Gasteiger partial charge in [0.1, 0.15) is 22.4 Å². The van der Waals surface area contributed by atoms with Crippen LogP contribution in [0.4, 0.5) is 4.39 Å². The predicted molar refractivity (Wildman–Crippen MR) is 91.8 cm³/mol. The summed E-state index contributed by atoms with van der Waals surface area (Å²) in [6, 6.07) is 7.51. The molecule has 2 aromatic rings. The second-order valence-corrected chi connectivity index (χ2v) is 7.34. The molecule has 6 nitrogen and oxygen atoms in total. The molecule has 0 spiro atoms. The first-order valence-electron chi connectivity index (χ1n) is 6.87. The lowest BCUT2D eigenvalue weighted by Gasteiger charge is -2.20. The zero-order valence-corrected chi connectivity index (χ0v) is 15.6. The molecule has 2 rings (SSSR count).